The van der Waals surface area contributed by atoms with E-state index in [-0.39, 0.29) is 17.4 Å². The van der Waals surface area contributed by atoms with Crippen molar-refractivity contribution < 1.29 is 18.3 Å². The number of nitrogens with zero attached hydrogens (tertiary/aromatic N) is 2. The van der Waals surface area contributed by atoms with Gasteiger partial charge in [0.15, 0.2) is 5.03 Å². The number of carboxylic acid groups (broad SMARTS) is 1. The number of aryl methyl sites for hydroxylation is 2. The average molecular weight is 289 g/mol. The van der Waals surface area contributed by atoms with Crippen molar-refractivity contribution in [2.45, 2.75) is 38.3 Å². The Morgan fingerprint density at radius 3 is 2.47 bits per heavy atom. The fourth-order valence-electron chi connectivity index (χ4n) is 1.57. The Hall–Kier alpha value is -1.41. The summed E-state index contributed by atoms with van der Waals surface area (Å²) in [6.45, 7) is 5.33. The van der Waals surface area contributed by atoms with Gasteiger partial charge in [0.2, 0.25) is 0 Å². The summed E-state index contributed by atoms with van der Waals surface area (Å²) in [6, 6.07) is -1.15. The summed E-state index contributed by atoms with van der Waals surface area (Å²) in [5, 5.41) is 8.88. The van der Waals surface area contributed by atoms with E-state index in [1.165, 1.54) is 6.20 Å². The molecule has 108 valence electrons. The number of hydrogen-bond donors (Lipinski definition) is 2. The number of carboxylic acids is 1. The summed E-state index contributed by atoms with van der Waals surface area (Å²) in [4.78, 5) is 15.0. The van der Waals surface area contributed by atoms with Crippen molar-refractivity contribution in [1.29, 1.82) is 0 Å². The van der Waals surface area contributed by atoms with Crippen LogP contribution in [0.3, 0.4) is 0 Å². The van der Waals surface area contributed by atoms with Gasteiger partial charge < -0.3 is 9.67 Å². The van der Waals surface area contributed by atoms with E-state index in [1.54, 1.807) is 18.5 Å². The van der Waals surface area contributed by atoms with Crippen molar-refractivity contribution in [2.75, 3.05) is 0 Å². The summed E-state index contributed by atoms with van der Waals surface area (Å²) in [7, 11) is -2.24. The fraction of sp³-hybridized carbons (Fsp3) is 0.636. The minimum atomic E-state index is -3.91. The van der Waals surface area contributed by atoms with Crippen LogP contribution in [-0.4, -0.2) is 35.1 Å². The summed E-state index contributed by atoms with van der Waals surface area (Å²) >= 11 is 0. The number of rotatable bonds is 6. The Balaban J connectivity index is 2.97. The first-order valence-corrected chi connectivity index (χ1v) is 7.37. The third-order valence-corrected chi connectivity index (χ3v) is 4.01. The molecule has 1 atom stereocenters. The minimum absolute atomic E-state index is 0.0641. The third kappa shape index (κ3) is 4.03. The van der Waals surface area contributed by atoms with Crippen LogP contribution in [0.1, 0.15) is 26.1 Å². The molecule has 8 heteroatoms. The van der Waals surface area contributed by atoms with Crippen molar-refractivity contribution in [3.63, 3.8) is 0 Å². The smallest absolute Gasteiger partial charge is 0.321 e. The second-order valence-corrected chi connectivity index (χ2v) is 6.54. The molecule has 0 aliphatic carbocycles. The van der Waals surface area contributed by atoms with Crippen LogP contribution in [0, 0.1) is 12.8 Å². The quantitative estimate of drug-likeness (QED) is 0.794. The number of carbonyl (C=O) groups is 1. The fourth-order valence-corrected chi connectivity index (χ4v) is 2.82. The molecule has 0 fully saturated rings. The molecular weight excluding hydrogens is 270 g/mol. The molecule has 7 nitrogen and oxygen atoms in total. The second kappa shape index (κ2) is 5.70. The molecule has 0 aromatic carbocycles. The number of nitrogens with one attached hydrogen (secondary N) is 1. The normalized spacial score (nSPS) is 13.7. The largest absolute Gasteiger partial charge is 0.480 e. The van der Waals surface area contributed by atoms with Crippen LogP contribution < -0.4 is 4.72 Å². The topological polar surface area (TPSA) is 101 Å². The van der Waals surface area contributed by atoms with Gasteiger partial charge in [-0.05, 0) is 19.3 Å². The molecule has 0 bridgehead atoms. The zero-order chi connectivity index (χ0) is 14.8. The standard InChI is InChI=1S/C11H19N3O4S/c1-7(2)5-9(11(15)16)13-19(17,18)10-6-14(4)8(3)12-10/h6-7,9,13H,5H2,1-4H3,(H,15,16). The molecule has 19 heavy (non-hydrogen) atoms. The van der Waals surface area contributed by atoms with Crippen LogP contribution >= 0.6 is 0 Å². The highest BCUT2D eigenvalue weighted by molar-refractivity contribution is 7.89. The van der Waals surface area contributed by atoms with Gasteiger partial charge in [0.25, 0.3) is 10.0 Å². The lowest BCUT2D eigenvalue weighted by Crippen LogP contribution is -2.41. The molecule has 0 saturated carbocycles. The van der Waals surface area contributed by atoms with Crippen LogP contribution in [0.25, 0.3) is 0 Å². The van der Waals surface area contributed by atoms with Crippen LogP contribution in [0.5, 0.6) is 0 Å². The molecule has 1 heterocycles. The maximum Gasteiger partial charge on any atom is 0.321 e. The van der Waals surface area contributed by atoms with Crippen LogP contribution in [-0.2, 0) is 21.9 Å². The Morgan fingerprint density at radius 2 is 2.11 bits per heavy atom. The van der Waals surface area contributed by atoms with E-state index in [0.29, 0.717) is 5.82 Å². The van der Waals surface area contributed by atoms with Gasteiger partial charge in [-0.2, -0.15) is 4.72 Å². The van der Waals surface area contributed by atoms with Crippen molar-refractivity contribution in [2.24, 2.45) is 13.0 Å². The van der Waals surface area contributed by atoms with E-state index in [9.17, 15) is 13.2 Å². The molecule has 2 N–H and O–H groups in total. The monoisotopic (exact) mass is 289 g/mol. The predicted molar refractivity (Wildman–Crippen MR) is 69.1 cm³/mol. The molecule has 0 amide bonds. The van der Waals surface area contributed by atoms with Gasteiger partial charge in [-0.15, -0.1) is 0 Å². The first kappa shape index (κ1) is 15.6. The summed E-state index contributed by atoms with van der Waals surface area (Å²) in [5.74, 6) is -0.588. The van der Waals surface area contributed by atoms with Crippen LogP contribution in [0.15, 0.2) is 11.2 Å². The molecule has 0 radical (unpaired) electrons. The maximum atomic E-state index is 12.0. The molecule has 0 saturated heterocycles. The molecular formula is C11H19N3O4S. The lowest BCUT2D eigenvalue weighted by Gasteiger charge is -2.15. The Labute approximate surface area is 112 Å². The highest BCUT2D eigenvalue weighted by Crippen LogP contribution is 2.11. The van der Waals surface area contributed by atoms with Crippen molar-refractivity contribution in [3.05, 3.63) is 12.0 Å². The SMILES string of the molecule is Cc1nc(S(=O)(=O)NC(CC(C)C)C(=O)O)cn1C. The summed E-state index contributed by atoms with van der Waals surface area (Å²) in [6.07, 6.45) is 1.58. The van der Waals surface area contributed by atoms with Gasteiger partial charge in [0.05, 0.1) is 0 Å². The number of imidazole rings is 1. The first-order chi connectivity index (χ1) is 8.63. The van der Waals surface area contributed by atoms with Gasteiger partial charge in [0.1, 0.15) is 11.9 Å². The van der Waals surface area contributed by atoms with E-state index < -0.39 is 22.0 Å². The number of aromatic nitrogens is 2. The third-order valence-electron chi connectivity index (χ3n) is 2.66. The Kier molecular flexibility index (Phi) is 4.70. The number of hydrogen-bond acceptors (Lipinski definition) is 4. The van der Waals surface area contributed by atoms with Crippen LogP contribution in [0.4, 0.5) is 0 Å². The van der Waals surface area contributed by atoms with Gasteiger partial charge >= 0.3 is 5.97 Å². The highest BCUT2D eigenvalue weighted by Gasteiger charge is 2.27. The molecule has 1 aromatic rings. The maximum absolute atomic E-state index is 12.0. The van der Waals surface area contributed by atoms with E-state index in [4.69, 9.17) is 5.11 Å². The summed E-state index contributed by atoms with van der Waals surface area (Å²) in [5.41, 5.74) is 0. The van der Waals surface area contributed by atoms with E-state index in [1.807, 2.05) is 13.8 Å². The van der Waals surface area contributed by atoms with Crippen molar-refractivity contribution in [1.82, 2.24) is 14.3 Å². The molecule has 0 aliphatic heterocycles. The molecule has 1 unspecified atom stereocenters. The Morgan fingerprint density at radius 1 is 1.53 bits per heavy atom. The van der Waals surface area contributed by atoms with Crippen molar-refractivity contribution >= 4 is 16.0 Å². The van der Waals surface area contributed by atoms with Gasteiger partial charge in [-0.1, -0.05) is 13.8 Å². The number of aliphatic carboxylic acids is 1. The molecule has 0 spiro atoms. The molecule has 1 aromatic heterocycles. The predicted octanol–water partition coefficient (Wildman–Crippen LogP) is 0.506. The van der Waals surface area contributed by atoms with Crippen molar-refractivity contribution in [3.8, 4) is 0 Å². The zero-order valence-electron chi connectivity index (χ0n) is 11.4. The zero-order valence-corrected chi connectivity index (χ0v) is 12.2. The van der Waals surface area contributed by atoms with Gasteiger partial charge in [-0.3, -0.25) is 4.79 Å². The molecule has 0 aliphatic rings. The minimum Gasteiger partial charge on any atom is -0.480 e. The number of sulfonamides is 1. The average Bonchev–Trinajstić information content (AvgIpc) is 2.58. The second-order valence-electron chi connectivity index (χ2n) is 4.88. The van der Waals surface area contributed by atoms with E-state index in [2.05, 4.69) is 9.71 Å². The van der Waals surface area contributed by atoms with E-state index in [0.717, 1.165) is 0 Å². The lowest BCUT2D eigenvalue weighted by atomic mass is 10.1. The van der Waals surface area contributed by atoms with Gasteiger partial charge in [-0.25, -0.2) is 13.4 Å². The molecule has 1 rings (SSSR count). The van der Waals surface area contributed by atoms with Gasteiger partial charge in [0, 0.05) is 13.2 Å². The van der Waals surface area contributed by atoms with E-state index >= 15 is 0 Å². The first-order valence-electron chi connectivity index (χ1n) is 5.88. The summed E-state index contributed by atoms with van der Waals surface area (Å²) < 4.78 is 27.8. The Bertz CT molecular complexity index is 543. The lowest BCUT2D eigenvalue weighted by molar-refractivity contribution is -0.139. The highest BCUT2D eigenvalue weighted by atomic mass is 32.2. The van der Waals surface area contributed by atoms with Crippen LogP contribution in [0.2, 0.25) is 0 Å².